The number of benzene rings is 1. The Morgan fingerprint density at radius 1 is 0.686 bits per heavy atom. The molecular weight excluding hydrogens is 436 g/mol. The van der Waals surface area contributed by atoms with Gasteiger partial charge in [0.2, 0.25) is 0 Å². The number of esters is 1. The van der Waals surface area contributed by atoms with E-state index < -0.39 is 0 Å². The van der Waals surface area contributed by atoms with Crippen LogP contribution in [0.3, 0.4) is 0 Å². The minimum atomic E-state index is -0.378. The van der Waals surface area contributed by atoms with E-state index in [2.05, 4.69) is 52.8 Å². The van der Waals surface area contributed by atoms with Crippen molar-refractivity contribution in [1.82, 2.24) is 0 Å². The number of carbonyl (C=O) groups excluding carboxylic acids is 1. The van der Waals surface area contributed by atoms with Crippen molar-refractivity contribution in [2.24, 2.45) is 0 Å². The number of rotatable bonds is 16. The molecule has 0 atom stereocenters. The summed E-state index contributed by atoms with van der Waals surface area (Å²) in [5, 5.41) is 0. The number of ether oxygens (including phenoxy) is 3. The zero-order valence-electron chi connectivity index (χ0n) is 23.0. The summed E-state index contributed by atoms with van der Waals surface area (Å²) in [4.78, 5) is 12.5. The largest absolute Gasteiger partial charge is 0.494 e. The van der Waals surface area contributed by atoms with Crippen LogP contribution in [0.25, 0.3) is 0 Å². The second-order valence-electron chi connectivity index (χ2n) is 9.21. The standard InChI is InChI=1S/C31H46O4/c1-8-33-29-21-28(22-30(23-29)34-9-2)31(32)35-20-19-27(7)18-12-17-26(6)16-11-15-25(5)14-10-13-24(3)4/h13,15,17,19,21-23H,8-12,14,16,18,20H2,1-7H3. The molecule has 0 saturated carbocycles. The highest BCUT2D eigenvalue weighted by Crippen LogP contribution is 2.24. The van der Waals surface area contributed by atoms with Crippen LogP contribution >= 0.6 is 0 Å². The van der Waals surface area contributed by atoms with Crippen LogP contribution in [-0.4, -0.2) is 25.8 Å². The number of hydrogen-bond acceptors (Lipinski definition) is 4. The summed E-state index contributed by atoms with van der Waals surface area (Å²) < 4.78 is 16.5. The molecule has 4 nitrogen and oxygen atoms in total. The molecule has 0 bridgehead atoms. The van der Waals surface area contributed by atoms with Gasteiger partial charge in [0.15, 0.2) is 0 Å². The number of hydrogen-bond donors (Lipinski definition) is 0. The van der Waals surface area contributed by atoms with Gasteiger partial charge in [-0.1, -0.05) is 40.5 Å². The number of allylic oxidation sites excluding steroid dienone is 7. The molecule has 0 aliphatic rings. The molecule has 0 amide bonds. The van der Waals surface area contributed by atoms with E-state index in [-0.39, 0.29) is 12.6 Å². The van der Waals surface area contributed by atoms with Crippen molar-refractivity contribution >= 4 is 5.97 Å². The highest BCUT2D eigenvalue weighted by molar-refractivity contribution is 5.90. The Morgan fingerprint density at radius 3 is 1.60 bits per heavy atom. The quantitative estimate of drug-likeness (QED) is 0.174. The zero-order chi connectivity index (χ0) is 26.1. The normalized spacial score (nSPS) is 12.4. The van der Waals surface area contributed by atoms with Gasteiger partial charge >= 0.3 is 5.97 Å². The Hall–Kier alpha value is -2.75. The molecule has 0 aromatic heterocycles. The van der Waals surface area contributed by atoms with Gasteiger partial charge < -0.3 is 14.2 Å². The van der Waals surface area contributed by atoms with E-state index in [9.17, 15) is 4.79 Å². The predicted molar refractivity (Wildman–Crippen MR) is 147 cm³/mol. The molecule has 0 aliphatic heterocycles. The molecule has 0 saturated heterocycles. The van der Waals surface area contributed by atoms with E-state index in [1.165, 1.54) is 22.3 Å². The molecule has 1 aromatic rings. The molecule has 1 rings (SSSR count). The Kier molecular flexibility index (Phi) is 15.3. The molecule has 1 aromatic carbocycles. The van der Waals surface area contributed by atoms with Gasteiger partial charge in [-0.25, -0.2) is 4.79 Å². The summed E-state index contributed by atoms with van der Waals surface area (Å²) >= 11 is 0. The Morgan fingerprint density at radius 2 is 1.14 bits per heavy atom. The molecule has 0 fully saturated rings. The van der Waals surface area contributed by atoms with Gasteiger partial charge in [0.05, 0.1) is 18.8 Å². The summed E-state index contributed by atoms with van der Waals surface area (Å²) in [7, 11) is 0. The maximum Gasteiger partial charge on any atom is 0.338 e. The van der Waals surface area contributed by atoms with Crippen LogP contribution in [0.4, 0.5) is 0 Å². The first kappa shape index (κ1) is 30.3. The first-order valence-electron chi connectivity index (χ1n) is 12.9. The second kappa shape index (κ2) is 17.7. The van der Waals surface area contributed by atoms with Gasteiger partial charge in [-0.3, -0.25) is 0 Å². The van der Waals surface area contributed by atoms with Crippen LogP contribution in [0.5, 0.6) is 11.5 Å². The smallest absolute Gasteiger partial charge is 0.338 e. The third kappa shape index (κ3) is 14.3. The fourth-order valence-corrected chi connectivity index (χ4v) is 3.52. The number of carbonyl (C=O) groups is 1. The summed E-state index contributed by atoms with van der Waals surface area (Å²) in [5.74, 6) is 0.832. The molecule has 194 valence electrons. The van der Waals surface area contributed by atoms with Crippen LogP contribution in [0.1, 0.15) is 97.3 Å². The monoisotopic (exact) mass is 482 g/mol. The van der Waals surface area contributed by atoms with Crippen molar-refractivity contribution < 1.29 is 19.0 Å². The fourth-order valence-electron chi connectivity index (χ4n) is 3.52. The lowest BCUT2D eigenvalue weighted by atomic mass is 10.0. The molecule has 0 N–H and O–H groups in total. The minimum absolute atomic E-state index is 0.257. The third-order valence-electron chi connectivity index (χ3n) is 5.54. The van der Waals surface area contributed by atoms with Crippen molar-refractivity contribution in [3.8, 4) is 11.5 Å². The Bertz CT molecular complexity index is 874. The molecule has 35 heavy (non-hydrogen) atoms. The van der Waals surface area contributed by atoms with Gasteiger partial charge in [0, 0.05) is 6.07 Å². The summed E-state index contributed by atoms with van der Waals surface area (Å²) in [5.41, 5.74) is 5.95. The van der Waals surface area contributed by atoms with Gasteiger partial charge in [-0.2, -0.15) is 0 Å². The first-order valence-corrected chi connectivity index (χ1v) is 12.9. The average Bonchev–Trinajstić information content (AvgIpc) is 2.79. The lowest BCUT2D eigenvalue weighted by Crippen LogP contribution is -2.07. The second-order valence-corrected chi connectivity index (χ2v) is 9.21. The van der Waals surface area contributed by atoms with Gasteiger partial charge in [0.25, 0.3) is 0 Å². The minimum Gasteiger partial charge on any atom is -0.494 e. The van der Waals surface area contributed by atoms with Gasteiger partial charge in [0.1, 0.15) is 18.1 Å². The first-order chi connectivity index (χ1) is 16.7. The van der Waals surface area contributed by atoms with E-state index in [4.69, 9.17) is 14.2 Å². The zero-order valence-corrected chi connectivity index (χ0v) is 23.0. The molecular formula is C31H46O4. The topological polar surface area (TPSA) is 44.8 Å². The lowest BCUT2D eigenvalue weighted by molar-refractivity contribution is 0.0548. The predicted octanol–water partition coefficient (Wildman–Crippen LogP) is 8.79. The van der Waals surface area contributed by atoms with E-state index >= 15 is 0 Å². The van der Waals surface area contributed by atoms with Crippen molar-refractivity contribution in [3.63, 3.8) is 0 Å². The van der Waals surface area contributed by atoms with Crippen LogP contribution in [-0.2, 0) is 4.74 Å². The molecule has 0 spiro atoms. The molecule has 0 unspecified atom stereocenters. The Labute approximate surface area is 213 Å². The molecule has 4 heteroatoms. The summed E-state index contributed by atoms with van der Waals surface area (Å²) in [6.07, 6.45) is 15.4. The van der Waals surface area contributed by atoms with Crippen LogP contribution in [0, 0.1) is 0 Å². The van der Waals surface area contributed by atoms with E-state index in [0.29, 0.717) is 30.3 Å². The Balaban J connectivity index is 2.44. The molecule has 0 heterocycles. The van der Waals surface area contributed by atoms with Crippen molar-refractivity contribution in [3.05, 3.63) is 70.4 Å². The summed E-state index contributed by atoms with van der Waals surface area (Å²) in [6, 6.07) is 5.17. The highest BCUT2D eigenvalue weighted by atomic mass is 16.5. The third-order valence-corrected chi connectivity index (χ3v) is 5.54. The maximum atomic E-state index is 12.5. The van der Waals surface area contributed by atoms with E-state index in [1.54, 1.807) is 18.2 Å². The van der Waals surface area contributed by atoms with E-state index in [0.717, 1.165) is 38.5 Å². The van der Waals surface area contributed by atoms with E-state index in [1.807, 2.05) is 19.9 Å². The van der Waals surface area contributed by atoms with Crippen molar-refractivity contribution in [1.29, 1.82) is 0 Å². The fraction of sp³-hybridized carbons (Fsp3) is 0.516. The van der Waals surface area contributed by atoms with Crippen molar-refractivity contribution in [2.75, 3.05) is 19.8 Å². The lowest BCUT2D eigenvalue weighted by Gasteiger charge is -2.10. The average molecular weight is 483 g/mol. The maximum absolute atomic E-state index is 12.5. The summed E-state index contributed by atoms with van der Waals surface area (Å²) in [6.45, 7) is 15.9. The molecule has 0 aliphatic carbocycles. The van der Waals surface area contributed by atoms with Crippen LogP contribution in [0.15, 0.2) is 64.8 Å². The van der Waals surface area contributed by atoms with Crippen molar-refractivity contribution in [2.45, 2.75) is 87.0 Å². The highest BCUT2D eigenvalue weighted by Gasteiger charge is 2.11. The van der Waals surface area contributed by atoms with Gasteiger partial charge in [-0.05, 0) is 105 Å². The SMILES string of the molecule is CCOc1cc(OCC)cc(C(=O)OCC=C(C)CCC=C(C)CCC=C(C)CCC=C(C)C)c1. The van der Waals surface area contributed by atoms with Crippen LogP contribution < -0.4 is 9.47 Å². The van der Waals surface area contributed by atoms with Gasteiger partial charge in [-0.15, -0.1) is 0 Å². The molecule has 0 radical (unpaired) electrons. The van der Waals surface area contributed by atoms with Crippen LogP contribution in [0.2, 0.25) is 0 Å².